The molecule has 0 bridgehead atoms. The van der Waals surface area contributed by atoms with E-state index in [0.717, 1.165) is 12.8 Å². The minimum absolute atomic E-state index is 0.364. The molecule has 0 saturated heterocycles. The Morgan fingerprint density at radius 3 is 2.75 bits per heavy atom. The van der Waals surface area contributed by atoms with E-state index in [9.17, 15) is 4.91 Å². The predicted molar refractivity (Wildman–Crippen MR) is 30.0 cm³/mol. The van der Waals surface area contributed by atoms with Gasteiger partial charge in [-0.05, 0) is 12.8 Å². The van der Waals surface area contributed by atoms with E-state index < -0.39 is 0 Å². The highest BCUT2D eigenvalue weighted by molar-refractivity contribution is 4.41. The first-order chi connectivity index (χ1) is 3.91. The van der Waals surface area contributed by atoms with Gasteiger partial charge in [-0.3, -0.25) is 0 Å². The predicted octanol–water partition coefficient (Wildman–Crippen LogP) is 0.423. The molecule has 0 rings (SSSR count). The van der Waals surface area contributed by atoms with Crippen molar-refractivity contribution >= 4 is 0 Å². The van der Waals surface area contributed by atoms with Gasteiger partial charge in [0.15, 0.2) is 0 Å². The topological polar surface area (TPSA) is 64.7 Å². The normalized spacial score (nSPS) is 9.12. The van der Waals surface area contributed by atoms with Gasteiger partial charge < -0.3 is 4.84 Å². The van der Waals surface area contributed by atoms with E-state index in [1.807, 2.05) is 0 Å². The molecule has 0 aromatic rings. The van der Waals surface area contributed by atoms with Crippen molar-refractivity contribution in [3.05, 3.63) is 4.91 Å². The fourth-order valence-corrected chi connectivity index (χ4v) is 0.362. The average Bonchev–Trinajstić information content (AvgIpc) is 1.81. The minimum atomic E-state index is 0.364. The molecule has 0 saturated carbocycles. The molecule has 2 N–H and O–H groups in total. The number of nitroso groups, excluding NO2 is 1. The second kappa shape index (κ2) is 6.52. The van der Waals surface area contributed by atoms with Crippen LogP contribution in [0.25, 0.3) is 0 Å². The molecule has 0 unspecified atom stereocenters. The molecule has 0 spiro atoms. The number of nitrogens with zero attached hydrogens (tertiary/aromatic N) is 1. The van der Waals surface area contributed by atoms with Crippen LogP contribution >= 0.6 is 0 Å². The zero-order chi connectivity index (χ0) is 6.24. The van der Waals surface area contributed by atoms with Crippen LogP contribution in [0.1, 0.15) is 12.8 Å². The molecule has 8 heavy (non-hydrogen) atoms. The standard InChI is InChI=1S/C4H10N2O2/c5-8-4-2-1-3-6-7/h1-5H2. The molecule has 0 aliphatic carbocycles. The molecule has 4 nitrogen and oxygen atoms in total. The fourth-order valence-electron chi connectivity index (χ4n) is 0.362. The first-order valence-electron chi connectivity index (χ1n) is 2.52. The van der Waals surface area contributed by atoms with E-state index in [0.29, 0.717) is 13.2 Å². The number of rotatable bonds is 5. The maximum atomic E-state index is 9.45. The largest absolute Gasteiger partial charge is 0.305 e. The van der Waals surface area contributed by atoms with E-state index in [4.69, 9.17) is 5.90 Å². The van der Waals surface area contributed by atoms with Gasteiger partial charge in [0.05, 0.1) is 13.2 Å². The van der Waals surface area contributed by atoms with Crippen LogP contribution in [0.2, 0.25) is 0 Å². The van der Waals surface area contributed by atoms with E-state index in [1.165, 1.54) is 0 Å². The monoisotopic (exact) mass is 118 g/mol. The smallest absolute Gasteiger partial charge is 0.0812 e. The van der Waals surface area contributed by atoms with Crippen LogP contribution in [-0.4, -0.2) is 13.2 Å². The summed E-state index contributed by atoms with van der Waals surface area (Å²) in [5, 5.41) is 2.66. The van der Waals surface area contributed by atoms with E-state index in [2.05, 4.69) is 10.0 Å². The summed E-state index contributed by atoms with van der Waals surface area (Å²) in [5.41, 5.74) is 0. The van der Waals surface area contributed by atoms with Gasteiger partial charge in [-0.25, -0.2) is 5.90 Å². The summed E-state index contributed by atoms with van der Waals surface area (Å²) in [6.45, 7) is 0.874. The third-order valence-corrected chi connectivity index (χ3v) is 0.762. The van der Waals surface area contributed by atoms with Gasteiger partial charge in [0, 0.05) is 0 Å². The first-order valence-corrected chi connectivity index (χ1v) is 2.52. The Morgan fingerprint density at radius 1 is 1.50 bits per heavy atom. The number of hydrogen-bond acceptors (Lipinski definition) is 4. The zero-order valence-electron chi connectivity index (χ0n) is 4.67. The Bertz CT molecular complexity index is 58.0. The lowest BCUT2D eigenvalue weighted by molar-refractivity contribution is 0.134. The van der Waals surface area contributed by atoms with Gasteiger partial charge in [0.1, 0.15) is 0 Å². The Labute approximate surface area is 47.9 Å². The summed E-state index contributed by atoms with van der Waals surface area (Å²) in [4.78, 5) is 13.7. The highest BCUT2D eigenvalue weighted by Crippen LogP contribution is 1.87. The van der Waals surface area contributed by atoms with Crippen LogP contribution in [-0.2, 0) is 4.84 Å². The molecule has 0 heterocycles. The Balaban J connectivity index is 2.62. The number of unbranched alkanes of at least 4 members (excludes halogenated alkanes) is 1. The van der Waals surface area contributed by atoms with Gasteiger partial charge in [0.2, 0.25) is 0 Å². The van der Waals surface area contributed by atoms with Gasteiger partial charge in [-0.15, -0.1) is 0 Å². The lowest BCUT2D eigenvalue weighted by atomic mass is 10.3. The molecular weight excluding hydrogens is 108 g/mol. The average molecular weight is 118 g/mol. The molecule has 0 aliphatic heterocycles. The second-order valence-corrected chi connectivity index (χ2v) is 1.43. The maximum Gasteiger partial charge on any atom is 0.0812 e. The summed E-state index contributed by atoms with van der Waals surface area (Å²) in [5.74, 6) is 4.70. The van der Waals surface area contributed by atoms with Crippen LogP contribution < -0.4 is 5.90 Å². The highest BCUT2D eigenvalue weighted by atomic mass is 16.6. The van der Waals surface area contributed by atoms with Gasteiger partial charge in [-0.2, -0.15) is 4.91 Å². The number of nitrogens with two attached hydrogens (primary N) is 1. The SMILES string of the molecule is NOCCCCN=O. The summed E-state index contributed by atoms with van der Waals surface area (Å²) in [7, 11) is 0. The van der Waals surface area contributed by atoms with Crippen molar-refractivity contribution in [2.45, 2.75) is 12.8 Å². The highest BCUT2D eigenvalue weighted by Gasteiger charge is 1.84. The lowest BCUT2D eigenvalue weighted by Gasteiger charge is -1.91. The van der Waals surface area contributed by atoms with Crippen molar-refractivity contribution in [2.75, 3.05) is 13.2 Å². The molecule has 48 valence electrons. The third-order valence-electron chi connectivity index (χ3n) is 0.762. The van der Waals surface area contributed by atoms with Crippen molar-refractivity contribution in [2.24, 2.45) is 11.1 Å². The van der Waals surface area contributed by atoms with Crippen molar-refractivity contribution < 1.29 is 4.84 Å². The van der Waals surface area contributed by atoms with E-state index in [-0.39, 0.29) is 0 Å². The summed E-state index contributed by atoms with van der Waals surface area (Å²) in [6.07, 6.45) is 1.57. The van der Waals surface area contributed by atoms with Crippen LogP contribution in [0.4, 0.5) is 0 Å². The molecule has 0 fully saturated rings. The Hall–Kier alpha value is -0.480. The third kappa shape index (κ3) is 5.52. The van der Waals surface area contributed by atoms with Crippen LogP contribution in [0.3, 0.4) is 0 Å². The second-order valence-electron chi connectivity index (χ2n) is 1.43. The fraction of sp³-hybridized carbons (Fsp3) is 1.00. The Morgan fingerprint density at radius 2 is 2.25 bits per heavy atom. The molecule has 0 aromatic carbocycles. The van der Waals surface area contributed by atoms with Crippen LogP contribution in [0.5, 0.6) is 0 Å². The molecule has 0 amide bonds. The van der Waals surface area contributed by atoms with Crippen molar-refractivity contribution in [3.8, 4) is 0 Å². The van der Waals surface area contributed by atoms with Crippen molar-refractivity contribution in [3.63, 3.8) is 0 Å². The minimum Gasteiger partial charge on any atom is -0.305 e. The van der Waals surface area contributed by atoms with Gasteiger partial charge in [0.25, 0.3) is 0 Å². The Kier molecular flexibility index (Phi) is 6.13. The summed E-state index contributed by atoms with van der Waals surface area (Å²) < 4.78 is 0. The summed E-state index contributed by atoms with van der Waals surface area (Å²) in [6, 6.07) is 0. The molecule has 0 aliphatic rings. The molecule has 0 atom stereocenters. The number of hydrogen-bond donors (Lipinski definition) is 1. The molecule has 0 radical (unpaired) electrons. The first kappa shape index (κ1) is 7.52. The van der Waals surface area contributed by atoms with E-state index >= 15 is 0 Å². The zero-order valence-corrected chi connectivity index (χ0v) is 4.67. The molecule has 0 aromatic heterocycles. The lowest BCUT2D eigenvalue weighted by Crippen LogP contribution is -2.00. The maximum absolute atomic E-state index is 9.45. The van der Waals surface area contributed by atoms with Crippen LogP contribution in [0.15, 0.2) is 5.18 Å². The van der Waals surface area contributed by atoms with Crippen LogP contribution in [0, 0.1) is 4.91 Å². The van der Waals surface area contributed by atoms with Gasteiger partial charge >= 0.3 is 0 Å². The molecular formula is C4H10N2O2. The summed E-state index contributed by atoms with van der Waals surface area (Å²) >= 11 is 0. The van der Waals surface area contributed by atoms with Crippen molar-refractivity contribution in [1.82, 2.24) is 0 Å². The molecule has 4 heteroatoms. The van der Waals surface area contributed by atoms with Crippen molar-refractivity contribution in [1.29, 1.82) is 0 Å². The van der Waals surface area contributed by atoms with Gasteiger partial charge in [-0.1, -0.05) is 5.18 Å². The van der Waals surface area contributed by atoms with E-state index in [1.54, 1.807) is 0 Å². The quantitative estimate of drug-likeness (QED) is 0.323.